The third-order valence-electron chi connectivity index (χ3n) is 4.51. The normalized spacial score (nSPS) is 16.4. The van der Waals surface area contributed by atoms with E-state index in [0.717, 1.165) is 6.42 Å². The summed E-state index contributed by atoms with van der Waals surface area (Å²) in [7, 11) is 0. The maximum Gasteiger partial charge on any atom is 0.335 e. The second-order valence-electron chi connectivity index (χ2n) is 5.91. The molecule has 5 heteroatoms. The molecule has 1 aliphatic carbocycles. The van der Waals surface area contributed by atoms with Crippen molar-refractivity contribution in [3.63, 3.8) is 0 Å². The molecule has 0 atom stereocenters. The van der Waals surface area contributed by atoms with Gasteiger partial charge in [-0.1, -0.05) is 32.1 Å². The Hall–Kier alpha value is -2.04. The van der Waals surface area contributed by atoms with Crippen LogP contribution in [0.4, 0.5) is 0 Å². The standard InChI is InChI=1S/C16H20N2O3/c19-15(20)12-6-7-13-14(10-12)18(16(21)17-13)9-8-11-4-2-1-3-5-11/h6-7,10-11H,1-5,8-9H2,(H,17,21)(H,19,20). The number of carboxylic acid groups (broad SMARTS) is 1. The van der Waals surface area contributed by atoms with Gasteiger partial charge in [-0.15, -0.1) is 0 Å². The number of H-pyrrole nitrogens is 1. The molecular formula is C16H20N2O3. The van der Waals surface area contributed by atoms with Gasteiger partial charge in [0.1, 0.15) is 0 Å². The molecular weight excluding hydrogens is 268 g/mol. The Bertz CT molecular complexity index is 708. The molecule has 1 aromatic carbocycles. The molecule has 0 spiro atoms. The molecule has 0 bridgehead atoms. The zero-order chi connectivity index (χ0) is 14.8. The summed E-state index contributed by atoms with van der Waals surface area (Å²) in [5, 5.41) is 9.08. The number of imidazole rings is 1. The van der Waals surface area contributed by atoms with E-state index < -0.39 is 5.97 Å². The number of aromatic nitrogens is 2. The summed E-state index contributed by atoms with van der Waals surface area (Å²) < 4.78 is 1.68. The minimum absolute atomic E-state index is 0.150. The van der Waals surface area contributed by atoms with E-state index in [1.165, 1.54) is 38.2 Å². The molecule has 3 rings (SSSR count). The summed E-state index contributed by atoms with van der Waals surface area (Å²) in [6, 6.07) is 4.76. The van der Waals surface area contributed by atoms with Crippen LogP contribution < -0.4 is 5.69 Å². The van der Waals surface area contributed by atoms with Crippen LogP contribution in [0, 0.1) is 5.92 Å². The van der Waals surface area contributed by atoms with Gasteiger partial charge < -0.3 is 10.1 Å². The lowest BCUT2D eigenvalue weighted by Crippen LogP contribution is -2.19. The minimum Gasteiger partial charge on any atom is -0.478 e. The molecule has 21 heavy (non-hydrogen) atoms. The van der Waals surface area contributed by atoms with E-state index in [2.05, 4.69) is 4.98 Å². The van der Waals surface area contributed by atoms with Crippen molar-refractivity contribution in [2.45, 2.75) is 45.1 Å². The highest BCUT2D eigenvalue weighted by Gasteiger charge is 2.15. The third-order valence-corrected chi connectivity index (χ3v) is 4.51. The van der Waals surface area contributed by atoms with Gasteiger partial charge in [-0.3, -0.25) is 4.57 Å². The topological polar surface area (TPSA) is 75.1 Å². The Morgan fingerprint density at radius 3 is 2.76 bits per heavy atom. The summed E-state index contributed by atoms with van der Waals surface area (Å²) in [4.78, 5) is 25.9. The summed E-state index contributed by atoms with van der Waals surface area (Å²) in [5.74, 6) is -0.275. The lowest BCUT2D eigenvalue weighted by atomic mass is 9.87. The van der Waals surface area contributed by atoms with E-state index in [0.29, 0.717) is 23.5 Å². The molecule has 0 amide bonds. The van der Waals surface area contributed by atoms with E-state index in [9.17, 15) is 9.59 Å². The van der Waals surface area contributed by atoms with Crippen molar-refractivity contribution in [1.29, 1.82) is 0 Å². The number of hydrogen-bond acceptors (Lipinski definition) is 2. The molecule has 1 heterocycles. The van der Waals surface area contributed by atoms with Crippen LogP contribution in [0.15, 0.2) is 23.0 Å². The van der Waals surface area contributed by atoms with Crippen LogP contribution in [-0.2, 0) is 6.54 Å². The number of fused-ring (bicyclic) bond motifs is 1. The predicted molar refractivity (Wildman–Crippen MR) is 80.7 cm³/mol. The molecule has 2 aromatic rings. The van der Waals surface area contributed by atoms with E-state index in [-0.39, 0.29) is 11.3 Å². The lowest BCUT2D eigenvalue weighted by Gasteiger charge is -2.21. The van der Waals surface area contributed by atoms with Crippen LogP contribution in [0.25, 0.3) is 11.0 Å². The maximum absolute atomic E-state index is 12.1. The van der Waals surface area contributed by atoms with Gasteiger partial charge in [0.25, 0.3) is 0 Å². The van der Waals surface area contributed by atoms with Crippen LogP contribution >= 0.6 is 0 Å². The van der Waals surface area contributed by atoms with Crippen LogP contribution in [0.2, 0.25) is 0 Å². The summed E-state index contributed by atoms with van der Waals surface area (Å²) in [6.07, 6.45) is 7.39. The quantitative estimate of drug-likeness (QED) is 0.908. The Balaban J connectivity index is 1.86. The first-order valence-electron chi connectivity index (χ1n) is 7.61. The Morgan fingerprint density at radius 2 is 2.05 bits per heavy atom. The molecule has 112 valence electrons. The summed E-state index contributed by atoms with van der Waals surface area (Å²) in [5.41, 5.74) is 1.46. The lowest BCUT2D eigenvalue weighted by molar-refractivity contribution is 0.0697. The van der Waals surface area contributed by atoms with Gasteiger partial charge in [-0.2, -0.15) is 0 Å². The van der Waals surface area contributed by atoms with Crippen LogP contribution in [0.1, 0.15) is 48.9 Å². The number of rotatable bonds is 4. The fraction of sp³-hybridized carbons (Fsp3) is 0.500. The van der Waals surface area contributed by atoms with Gasteiger partial charge in [0.05, 0.1) is 16.6 Å². The number of aryl methyl sites for hydroxylation is 1. The second-order valence-corrected chi connectivity index (χ2v) is 5.91. The Kier molecular flexibility index (Phi) is 3.82. The third kappa shape index (κ3) is 2.86. The molecule has 1 fully saturated rings. The molecule has 1 saturated carbocycles. The van der Waals surface area contributed by atoms with E-state index >= 15 is 0 Å². The van der Waals surface area contributed by atoms with Crippen molar-refractivity contribution in [1.82, 2.24) is 9.55 Å². The van der Waals surface area contributed by atoms with Gasteiger partial charge in [-0.05, 0) is 30.5 Å². The second kappa shape index (κ2) is 5.76. The van der Waals surface area contributed by atoms with Crippen molar-refractivity contribution < 1.29 is 9.90 Å². The Labute approximate surface area is 122 Å². The first kappa shape index (κ1) is 13.9. The number of aromatic amines is 1. The number of carbonyl (C=O) groups is 1. The van der Waals surface area contributed by atoms with Gasteiger partial charge in [-0.25, -0.2) is 9.59 Å². The molecule has 5 nitrogen and oxygen atoms in total. The SMILES string of the molecule is O=C(O)c1ccc2[nH]c(=O)n(CCC3CCCCC3)c2c1. The van der Waals surface area contributed by atoms with Gasteiger partial charge >= 0.3 is 11.7 Å². The summed E-state index contributed by atoms with van der Waals surface area (Å²) >= 11 is 0. The van der Waals surface area contributed by atoms with Crippen molar-refractivity contribution in [2.75, 3.05) is 0 Å². The van der Waals surface area contributed by atoms with Gasteiger partial charge in [0, 0.05) is 6.54 Å². The average Bonchev–Trinajstić information content (AvgIpc) is 2.80. The van der Waals surface area contributed by atoms with Crippen molar-refractivity contribution in [3.8, 4) is 0 Å². The zero-order valence-corrected chi connectivity index (χ0v) is 12.0. The first-order chi connectivity index (χ1) is 10.1. The largest absolute Gasteiger partial charge is 0.478 e. The number of hydrogen-bond donors (Lipinski definition) is 2. The van der Waals surface area contributed by atoms with Crippen LogP contribution in [0.3, 0.4) is 0 Å². The van der Waals surface area contributed by atoms with Crippen molar-refractivity contribution in [2.24, 2.45) is 5.92 Å². The van der Waals surface area contributed by atoms with Gasteiger partial charge in [0.15, 0.2) is 0 Å². The number of benzene rings is 1. The fourth-order valence-electron chi connectivity index (χ4n) is 3.30. The minimum atomic E-state index is -0.968. The van der Waals surface area contributed by atoms with Crippen molar-refractivity contribution in [3.05, 3.63) is 34.2 Å². The smallest absolute Gasteiger partial charge is 0.335 e. The average molecular weight is 288 g/mol. The highest BCUT2D eigenvalue weighted by molar-refractivity contribution is 5.92. The van der Waals surface area contributed by atoms with Crippen LogP contribution in [-0.4, -0.2) is 20.6 Å². The molecule has 1 aliphatic rings. The molecule has 2 N–H and O–H groups in total. The number of nitrogens with zero attached hydrogens (tertiary/aromatic N) is 1. The van der Waals surface area contributed by atoms with Gasteiger partial charge in [0.2, 0.25) is 0 Å². The number of aromatic carboxylic acids is 1. The van der Waals surface area contributed by atoms with E-state index in [1.54, 1.807) is 16.7 Å². The number of carboxylic acids is 1. The molecule has 0 aliphatic heterocycles. The first-order valence-corrected chi connectivity index (χ1v) is 7.61. The Morgan fingerprint density at radius 1 is 1.29 bits per heavy atom. The predicted octanol–water partition coefficient (Wildman–Crippen LogP) is 3.00. The zero-order valence-electron chi connectivity index (χ0n) is 12.0. The fourth-order valence-corrected chi connectivity index (χ4v) is 3.30. The van der Waals surface area contributed by atoms with E-state index in [4.69, 9.17) is 5.11 Å². The maximum atomic E-state index is 12.1. The highest BCUT2D eigenvalue weighted by atomic mass is 16.4. The molecule has 0 unspecified atom stereocenters. The molecule has 0 saturated heterocycles. The highest BCUT2D eigenvalue weighted by Crippen LogP contribution is 2.27. The van der Waals surface area contributed by atoms with E-state index in [1.807, 2.05) is 0 Å². The molecule has 0 radical (unpaired) electrons. The molecule has 1 aromatic heterocycles. The monoisotopic (exact) mass is 288 g/mol. The number of nitrogens with one attached hydrogen (secondary N) is 1. The van der Waals surface area contributed by atoms with Crippen molar-refractivity contribution >= 4 is 17.0 Å². The summed E-state index contributed by atoms with van der Waals surface area (Å²) in [6.45, 7) is 0.659. The van der Waals surface area contributed by atoms with Crippen LogP contribution in [0.5, 0.6) is 0 Å².